The lowest BCUT2D eigenvalue weighted by Gasteiger charge is -2.25. The zero-order valence-corrected chi connectivity index (χ0v) is 14.6. The van der Waals surface area contributed by atoms with Crippen LogP contribution < -0.4 is 5.32 Å². The molecule has 1 aromatic carbocycles. The largest absolute Gasteiger partial charge is 0.478 e. The van der Waals surface area contributed by atoms with E-state index >= 15 is 0 Å². The Bertz CT molecular complexity index is 967. The summed E-state index contributed by atoms with van der Waals surface area (Å²) in [6.45, 7) is 1.65. The summed E-state index contributed by atoms with van der Waals surface area (Å²) in [6, 6.07) is 7.89. The number of pyridine rings is 1. The molecule has 0 spiro atoms. The molecule has 1 aromatic heterocycles. The summed E-state index contributed by atoms with van der Waals surface area (Å²) in [5.41, 5.74) is 1.39. The molecule has 1 aliphatic rings. The van der Waals surface area contributed by atoms with Crippen LogP contribution in [-0.4, -0.2) is 35.0 Å². The number of nitrogens with zero attached hydrogens (tertiary/aromatic N) is 2. The van der Waals surface area contributed by atoms with Crippen molar-refractivity contribution in [3.63, 3.8) is 0 Å². The molecule has 0 amide bonds. The van der Waals surface area contributed by atoms with Crippen LogP contribution in [0, 0.1) is 5.82 Å². The number of esters is 1. The Morgan fingerprint density at radius 2 is 1.93 bits per heavy atom. The van der Waals surface area contributed by atoms with Gasteiger partial charge in [-0.1, -0.05) is 12.1 Å². The van der Waals surface area contributed by atoms with Crippen molar-refractivity contribution in [3.05, 3.63) is 76.5 Å². The van der Waals surface area contributed by atoms with E-state index in [2.05, 4.69) is 15.3 Å². The maximum atomic E-state index is 14.1. The van der Waals surface area contributed by atoms with Crippen molar-refractivity contribution in [1.82, 2.24) is 10.3 Å². The fourth-order valence-electron chi connectivity index (χ4n) is 2.78. The van der Waals surface area contributed by atoms with Crippen molar-refractivity contribution in [2.45, 2.75) is 13.0 Å². The number of carboxylic acids is 1. The van der Waals surface area contributed by atoms with E-state index in [-0.39, 0.29) is 22.7 Å². The van der Waals surface area contributed by atoms with Gasteiger partial charge in [-0.3, -0.25) is 4.99 Å². The van der Waals surface area contributed by atoms with E-state index in [0.717, 1.165) is 0 Å². The molecule has 0 fully saturated rings. The highest BCUT2D eigenvalue weighted by atomic mass is 19.1. The molecule has 3 rings (SSSR count). The lowest BCUT2D eigenvalue weighted by Crippen LogP contribution is -2.33. The predicted octanol–water partition coefficient (Wildman–Crippen LogP) is 2.46. The maximum Gasteiger partial charge on any atom is 0.338 e. The molecule has 0 aliphatic carbocycles. The van der Waals surface area contributed by atoms with Crippen molar-refractivity contribution in [2.75, 3.05) is 7.11 Å². The number of amidine groups is 1. The van der Waals surface area contributed by atoms with Crippen LogP contribution in [0.1, 0.15) is 34.6 Å². The van der Waals surface area contributed by atoms with Crippen molar-refractivity contribution < 1.29 is 23.8 Å². The molecule has 8 heteroatoms. The van der Waals surface area contributed by atoms with Gasteiger partial charge in [0.25, 0.3) is 0 Å². The summed E-state index contributed by atoms with van der Waals surface area (Å²) in [5, 5.41) is 12.0. The minimum Gasteiger partial charge on any atom is -0.478 e. The zero-order chi connectivity index (χ0) is 19.6. The zero-order valence-electron chi connectivity index (χ0n) is 14.6. The van der Waals surface area contributed by atoms with Gasteiger partial charge in [0.1, 0.15) is 11.7 Å². The molecule has 2 N–H and O–H groups in total. The van der Waals surface area contributed by atoms with Crippen LogP contribution in [0.25, 0.3) is 0 Å². The molecule has 1 aliphatic heterocycles. The number of benzene rings is 1. The number of rotatable bonds is 4. The number of allylic oxidation sites excluding steroid dienone is 1. The highest BCUT2D eigenvalue weighted by Crippen LogP contribution is 2.32. The lowest BCUT2D eigenvalue weighted by atomic mass is 9.95. The lowest BCUT2D eigenvalue weighted by molar-refractivity contribution is -0.136. The predicted molar refractivity (Wildman–Crippen MR) is 94.7 cm³/mol. The van der Waals surface area contributed by atoms with Crippen LogP contribution >= 0.6 is 0 Å². The number of ether oxygens (including phenoxy) is 1. The number of methoxy groups -OCH3 is 1. The average Bonchev–Trinajstić information content (AvgIpc) is 2.67. The first-order chi connectivity index (χ1) is 12.9. The van der Waals surface area contributed by atoms with E-state index in [1.807, 2.05) is 0 Å². The topological polar surface area (TPSA) is 101 Å². The number of carbonyl (C=O) groups excluding carboxylic acids is 1. The molecule has 0 saturated heterocycles. The van der Waals surface area contributed by atoms with E-state index in [1.165, 1.54) is 37.6 Å². The van der Waals surface area contributed by atoms with Crippen molar-refractivity contribution in [2.24, 2.45) is 4.99 Å². The summed E-state index contributed by atoms with van der Waals surface area (Å²) >= 11 is 0. The fraction of sp³-hybridized carbons (Fsp3) is 0.158. The van der Waals surface area contributed by atoms with Crippen molar-refractivity contribution in [3.8, 4) is 0 Å². The number of aromatic carboxylic acids is 1. The van der Waals surface area contributed by atoms with Gasteiger partial charge in [-0.25, -0.2) is 19.0 Å². The minimum atomic E-state index is -1.06. The van der Waals surface area contributed by atoms with Crippen LogP contribution in [0.4, 0.5) is 4.39 Å². The third kappa shape index (κ3) is 3.55. The maximum absolute atomic E-state index is 14.1. The molecule has 1 atom stereocenters. The Morgan fingerprint density at radius 3 is 2.52 bits per heavy atom. The molecular weight excluding hydrogens is 353 g/mol. The molecule has 7 nitrogen and oxygen atoms in total. The summed E-state index contributed by atoms with van der Waals surface area (Å²) in [6.07, 6.45) is 1.44. The summed E-state index contributed by atoms with van der Waals surface area (Å²) in [4.78, 5) is 31.8. The Labute approximate surface area is 154 Å². The van der Waals surface area contributed by atoms with Gasteiger partial charge in [-0.15, -0.1) is 0 Å². The van der Waals surface area contributed by atoms with Crippen LogP contribution in [0.3, 0.4) is 0 Å². The first-order valence-electron chi connectivity index (χ1n) is 8.00. The van der Waals surface area contributed by atoms with Crippen molar-refractivity contribution >= 4 is 17.8 Å². The first kappa shape index (κ1) is 18.2. The molecule has 0 radical (unpaired) electrons. The monoisotopic (exact) mass is 369 g/mol. The summed E-state index contributed by atoms with van der Waals surface area (Å²) < 4.78 is 19.0. The number of carboxylic acid groups (broad SMARTS) is 1. The SMILES string of the molecule is COC(=O)C1=C(C)NC(c2ncccc2F)=NC1c1ccc(C(=O)O)cc1. The third-order valence-corrected chi connectivity index (χ3v) is 4.10. The van der Waals surface area contributed by atoms with Gasteiger partial charge in [0, 0.05) is 11.9 Å². The highest BCUT2D eigenvalue weighted by Gasteiger charge is 2.31. The number of nitrogens with one attached hydrogen (secondary N) is 1. The second-order valence-electron chi connectivity index (χ2n) is 5.80. The number of hydrogen-bond acceptors (Lipinski definition) is 6. The van der Waals surface area contributed by atoms with E-state index in [9.17, 15) is 14.0 Å². The van der Waals surface area contributed by atoms with Gasteiger partial charge >= 0.3 is 11.9 Å². The Kier molecular flexibility index (Phi) is 4.98. The van der Waals surface area contributed by atoms with Gasteiger partial charge in [0.05, 0.1) is 18.2 Å². The first-order valence-corrected chi connectivity index (χ1v) is 8.00. The van der Waals surface area contributed by atoms with Gasteiger partial charge in [-0.05, 0) is 36.8 Å². The number of aromatic nitrogens is 1. The van der Waals surface area contributed by atoms with E-state index in [4.69, 9.17) is 9.84 Å². The average molecular weight is 369 g/mol. The van der Waals surface area contributed by atoms with Crippen LogP contribution in [-0.2, 0) is 9.53 Å². The van der Waals surface area contributed by atoms with Crippen LogP contribution in [0.15, 0.2) is 58.9 Å². The molecule has 0 bridgehead atoms. The third-order valence-electron chi connectivity index (χ3n) is 4.10. The minimum absolute atomic E-state index is 0.0212. The Morgan fingerprint density at radius 1 is 1.22 bits per heavy atom. The number of aliphatic imine (C=N–C) groups is 1. The van der Waals surface area contributed by atoms with Gasteiger partial charge < -0.3 is 15.2 Å². The van der Waals surface area contributed by atoms with E-state index in [1.54, 1.807) is 19.1 Å². The van der Waals surface area contributed by atoms with Crippen LogP contribution in [0.2, 0.25) is 0 Å². The molecule has 27 heavy (non-hydrogen) atoms. The second-order valence-corrected chi connectivity index (χ2v) is 5.80. The molecule has 2 aromatic rings. The fourth-order valence-corrected chi connectivity index (χ4v) is 2.78. The molecule has 138 valence electrons. The number of carbonyl (C=O) groups is 2. The van der Waals surface area contributed by atoms with Gasteiger partial charge in [0.2, 0.25) is 0 Å². The van der Waals surface area contributed by atoms with Gasteiger partial charge in [-0.2, -0.15) is 0 Å². The normalized spacial score (nSPS) is 16.4. The Hall–Kier alpha value is -3.55. The molecule has 2 heterocycles. The van der Waals surface area contributed by atoms with E-state index in [0.29, 0.717) is 11.3 Å². The van der Waals surface area contributed by atoms with Crippen LogP contribution in [0.5, 0.6) is 0 Å². The van der Waals surface area contributed by atoms with Gasteiger partial charge in [0.15, 0.2) is 11.7 Å². The number of halogens is 1. The summed E-state index contributed by atoms with van der Waals surface area (Å²) in [5.74, 6) is -2.04. The Balaban J connectivity index is 2.11. The molecular formula is C19H16FN3O4. The highest BCUT2D eigenvalue weighted by molar-refractivity contribution is 6.02. The van der Waals surface area contributed by atoms with E-state index < -0.39 is 23.8 Å². The molecule has 0 saturated carbocycles. The number of hydrogen-bond donors (Lipinski definition) is 2. The van der Waals surface area contributed by atoms with Crippen molar-refractivity contribution in [1.29, 1.82) is 0 Å². The quantitative estimate of drug-likeness (QED) is 0.803. The smallest absolute Gasteiger partial charge is 0.338 e. The summed E-state index contributed by atoms with van der Waals surface area (Å²) in [7, 11) is 1.25. The second kappa shape index (κ2) is 7.36. The molecule has 1 unspecified atom stereocenters. The standard InChI is InChI=1S/C19H16FN3O4/c1-10-14(19(26)27-2)15(11-5-7-12(8-6-11)18(24)25)23-17(22-10)16-13(20)4-3-9-21-16/h3-9,15H,1-2H3,(H,22,23)(H,24,25).